The van der Waals surface area contributed by atoms with E-state index in [-0.39, 0.29) is 11.8 Å². The molecule has 0 spiro atoms. The lowest BCUT2D eigenvalue weighted by Crippen LogP contribution is -2.51. The molecule has 6 nitrogen and oxygen atoms in total. The average molecular weight is 340 g/mol. The van der Waals surface area contributed by atoms with Gasteiger partial charge >= 0.3 is 0 Å². The first-order valence-corrected chi connectivity index (χ1v) is 8.99. The summed E-state index contributed by atoms with van der Waals surface area (Å²) in [5.41, 5.74) is 2.81. The van der Waals surface area contributed by atoms with Crippen molar-refractivity contribution >= 4 is 22.7 Å². The molecule has 0 radical (unpaired) electrons. The Morgan fingerprint density at radius 2 is 1.92 bits per heavy atom. The third-order valence-electron chi connectivity index (χ3n) is 4.98. The van der Waals surface area contributed by atoms with Gasteiger partial charge in [-0.2, -0.15) is 0 Å². The maximum Gasteiger partial charge on any atom is 0.270 e. The molecule has 1 aliphatic carbocycles. The van der Waals surface area contributed by atoms with E-state index in [9.17, 15) is 9.59 Å². The van der Waals surface area contributed by atoms with E-state index in [1.165, 1.54) is 5.56 Å². The lowest BCUT2D eigenvalue weighted by atomic mass is 10.2. The number of aromatic amines is 1. The Bertz CT molecular complexity index is 801. The Labute approximate surface area is 147 Å². The van der Waals surface area contributed by atoms with Crippen molar-refractivity contribution in [2.45, 2.75) is 25.8 Å². The second-order valence-corrected chi connectivity index (χ2v) is 7.18. The normalized spacial score (nSPS) is 18.5. The van der Waals surface area contributed by atoms with Crippen LogP contribution in [0.5, 0.6) is 0 Å². The predicted molar refractivity (Wildman–Crippen MR) is 96.5 cm³/mol. The van der Waals surface area contributed by atoms with E-state index in [1.807, 2.05) is 24.0 Å². The van der Waals surface area contributed by atoms with Crippen molar-refractivity contribution in [3.8, 4) is 0 Å². The Morgan fingerprint density at radius 3 is 2.64 bits per heavy atom. The van der Waals surface area contributed by atoms with Crippen molar-refractivity contribution in [1.82, 2.24) is 20.1 Å². The summed E-state index contributed by atoms with van der Waals surface area (Å²) < 4.78 is 0. The zero-order valence-corrected chi connectivity index (χ0v) is 14.5. The fourth-order valence-corrected chi connectivity index (χ4v) is 3.34. The number of fused-ring (bicyclic) bond motifs is 1. The van der Waals surface area contributed by atoms with Gasteiger partial charge in [0.25, 0.3) is 5.91 Å². The van der Waals surface area contributed by atoms with E-state index in [4.69, 9.17) is 0 Å². The Balaban J connectivity index is 1.34. The number of aromatic nitrogens is 1. The van der Waals surface area contributed by atoms with Crippen molar-refractivity contribution in [3.05, 3.63) is 35.5 Å². The van der Waals surface area contributed by atoms with E-state index in [0.29, 0.717) is 31.4 Å². The minimum atomic E-state index is 0.0379. The minimum absolute atomic E-state index is 0.0379. The summed E-state index contributed by atoms with van der Waals surface area (Å²) in [6.07, 6.45) is 2.22. The van der Waals surface area contributed by atoms with Crippen molar-refractivity contribution in [2.75, 3.05) is 32.7 Å². The highest BCUT2D eigenvalue weighted by atomic mass is 16.2. The van der Waals surface area contributed by atoms with Crippen LogP contribution in [0, 0.1) is 6.92 Å². The molecule has 4 rings (SSSR count). The summed E-state index contributed by atoms with van der Waals surface area (Å²) in [4.78, 5) is 31.8. The number of rotatable bonds is 4. The molecule has 0 bridgehead atoms. The third kappa shape index (κ3) is 3.69. The molecule has 0 atom stereocenters. The number of carbonyl (C=O) groups is 2. The predicted octanol–water partition coefficient (Wildman–Crippen LogP) is 1.51. The lowest BCUT2D eigenvalue weighted by molar-refractivity contribution is -0.122. The van der Waals surface area contributed by atoms with Crippen LogP contribution in [0.2, 0.25) is 0 Å². The number of benzene rings is 1. The van der Waals surface area contributed by atoms with Crippen LogP contribution in [0.1, 0.15) is 28.9 Å². The van der Waals surface area contributed by atoms with Crippen molar-refractivity contribution < 1.29 is 9.59 Å². The fraction of sp³-hybridized carbons (Fsp3) is 0.474. The molecule has 2 aromatic rings. The molecule has 132 valence electrons. The molecule has 1 saturated heterocycles. The largest absolute Gasteiger partial charge is 0.352 e. The molecule has 1 aromatic heterocycles. The van der Waals surface area contributed by atoms with Crippen molar-refractivity contribution in [1.29, 1.82) is 0 Å². The molecule has 0 unspecified atom stereocenters. The van der Waals surface area contributed by atoms with Crippen LogP contribution < -0.4 is 5.32 Å². The molecule has 2 amide bonds. The minimum Gasteiger partial charge on any atom is -0.352 e. The van der Waals surface area contributed by atoms with Gasteiger partial charge in [0.05, 0.1) is 6.54 Å². The maximum atomic E-state index is 12.7. The van der Waals surface area contributed by atoms with Gasteiger partial charge < -0.3 is 15.2 Å². The number of carbonyl (C=O) groups excluding carboxylic acids is 2. The van der Waals surface area contributed by atoms with Crippen LogP contribution >= 0.6 is 0 Å². The molecule has 1 saturated carbocycles. The number of H-pyrrole nitrogens is 1. The molecular formula is C19H24N4O2. The Morgan fingerprint density at radius 1 is 1.16 bits per heavy atom. The topological polar surface area (TPSA) is 68.4 Å². The highest BCUT2D eigenvalue weighted by Crippen LogP contribution is 2.19. The second kappa shape index (κ2) is 6.52. The van der Waals surface area contributed by atoms with Gasteiger partial charge in [-0.1, -0.05) is 12.1 Å². The third-order valence-corrected chi connectivity index (χ3v) is 4.98. The molecule has 2 heterocycles. The first-order valence-electron chi connectivity index (χ1n) is 8.99. The highest BCUT2D eigenvalue weighted by molar-refractivity contribution is 5.98. The molecule has 2 fully saturated rings. The van der Waals surface area contributed by atoms with Gasteiger partial charge in [0.1, 0.15) is 5.69 Å². The van der Waals surface area contributed by atoms with Gasteiger partial charge in [0.15, 0.2) is 0 Å². The van der Waals surface area contributed by atoms with Crippen LogP contribution in [-0.4, -0.2) is 65.4 Å². The van der Waals surface area contributed by atoms with Crippen LogP contribution in [0.15, 0.2) is 24.3 Å². The summed E-state index contributed by atoms with van der Waals surface area (Å²) in [7, 11) is 0. The van der Waals surface area contributed by atoms with E-state index in [2.05, 4.69) is 27.3 Å². The molecule has 6 heteroatoms. The molecule has 25 heavy (non-hydrogen) atoms. The first-order chi connectivity index (χ1) is 12.1. The molecule has 1 aromatic carbocycles. The SMILES string of the molecule is Cc1ccc2cc(C(=O)N3CCN(CC(=O)NC4CC4)CC3)[nH]c2c1. The van der Waals surface area contributed by atoms with E-state index in [1.54, 1.807) is 0 Å². The summed E-state index contributed by atoms with van der Waals surface area (Å²) in [6, 6.07) is 8.47. The second-order valence-electron chi connectivity index (χ2n) is 7.18. The van der Waals surface area contributed by atoms with Crippen molar-refractivity contribution in [3.63, 3.8) is 0 Å². The van der Waals surface area contributed by atoms with Gasteiger partial charge in [-0.05, 0) is 37.5 Å². The van der Waals surface area contributed by atoms with Crippen molar-refractivity contribution in [2.24, 2.45) is 0 Å². The number of aryl methyl sites for hydroxylation is 1. The van der Waals surface area contributed by atoms with Crippen LogP contribution in [0.4, 0.5) is 0 Å². The monoisotopic (exact) mass is 340 g/mol. The van der Waals surface area contributed by atoms with Crippen LogP contribution in [0.3, 0.4) is 0 Å². The summed E-state index contributed by atoms with van der Waals surface area (Å²) >= 11 is 0. The highest BCUT2D eigenvalue weighted by Gasteiger charge is 2.27. The van der Waals surface area contributed by atoms with Gasteiger partial charge in [0.2, 0.25) is 5.91 Å². The first kappa shape index (κ1) is 16.1. The number of nitrogens with one attached hydrogen (secondary N) is 2. The molecule has 2 N–H and O–H groups in total. The number of amides is 2. The summed E-state index contributed by atoms with van der Waals surface area (Å²) in [5, 5.41) is 4.07. The molecular weight excluding hydrogens is 316 g/mol. The van der Waals surface area contributed by atoms with Gasteiger partial charge in [-0.15, -0.1) is 0 Å². The van der Waals surface area contributed by atoms with Crippen LogP contribution in [0.25, 0.3) is 10.9 Å². The van der Waals surface area contributed by atoms with E-state index < -0.39 is 0 Å². The fourth-order valence-electron chi connectivity index (χ4n) is 3.34. The molecule has 2 aliphatic rings. The van der Waals surface area contributed by atoms with Gasteiger partial charge in [0, 0.05) is 43.1 Å². The van der Waals surface area contributed by atoms with E-state index in [0.717, 1.165) is 36.8 Å². The van der Waals surface area contributed by atoms with E-state index >= 15 is 0 Å². The average Bonchev–Trinajstić information content (AvgIpc) is 3.30. The van der Waals surface area contributed by atoms with Crippen LogP contribution in [-0.2, 0) is 4.79 Å². The quantitative estimate of drug-likeness (QED) is 0.887. The summed E-state index contributed by atoms with van der Waals surface area (Å²) in [5.74, 6) is 0.143. The lowest BCUT2D eigenvalue weighted by Gasteiger charge is -2.34. The number of piperazine rings is 1. The van der Waals surface area contributed by atoms with Gasteiger partial charge in [-0.3, -0.25) is 14.5 Å². The number of hydrogen-bond acceptors (Lipinski definition) is 3. The Hall–Kier alpha value is -2.34. The summed E-state index contributed by atoms with van der Waals surface area (Å²) in [6.45, 7) is 5.27. The zero-order valence-electron chi connectivity index (χ0n) is 14.5. The number of hydrogen-bond donors (Lipinski definition) is 2. The maximum absolute atomic E-state index is 12.7. The van der Waals surface area contributed by atoms with Gasteiger partial charge in [-0.25, -0.2) is 0 Å². The zero-order chi connectivity index (χ0) is 17.4. The number of nitrogens with zero attached hydrogens (tertiary/aromatic N) is 2. The Kier molecular flexibility index (Phi) is 4.21. The smallest absolute Gasteiger partial charge is 0.270 e. The standard InChI is InChI=1S/C19H24N4O2/c1-13-2-3-14-11-17(21-16(14)10-13)19(25)23-8-6-22(7-9-23)12-18(24)20-15-4-5-15/h2-3,10-11,15,21H,4-9,12H2,1H3,(H,20,24). The molecule has 1 aliphatic heterocycles.